The van der Waals surface area contributed by atoms with Gasteiger partial charge in [-0.05, 0) is 0 Å². The summed E-state index contributed by atoms with van der Waals surface area (Å²) < 4.78 is 3.09. The van der Waals surface area contributed by atoms with Crippen molar-refractivity contribution in [2.24, 2.45) is 9.45 Å². The predicted octanol–water partition coefficient (Wildman–Crippen LogP) is 0.970. The molecule has 0 atom stereocenters. The van der Waals surface area contributed by atoms with Gasteiger partial charge in [-0.15, -0.1) is 0 Å². The first-order valence-electron chi connectivity index (χ1n) is 0.749. The first-order valence-corrected chi connectivity index (χ1v) is 6.82. The predicted molar refractivity (Wildman–Crippen MR) is 18.3 cm³/mol. The van der Waals surface area contributed by atoms with Crippen molar-refractivity contribution in [2.45, 2.75) is 0 Å². The molecule has 0 saturated heterocycles. The summed E-state index contributed by atoms with van der Waals surface area (Å²) in [5, 5.41) is 0. The van der Waals surface area contributed by atoms with Crippen LogP contribution in [0.2, 0.25) is 0 Å². The molecule has 0 heterocycles. The Morgan fingerprint density at radius 2 is 1.80 bits per heavy atom. The van der Waals surface area contributed by atoms with Crippen molar-refractivity contribution in [3.63, 3.8) is 0 Å². The van der Waals surface area contributed by atoms with Crippen molar-refractivity contribution in [3.05, 3.63) is 0 Å². The van der Waals surface area contributed by atoms with Crippen LogP contribution >= 0.6 is 18.8 Å². The Kier molecular flexibility index (Phi) is 3.89. The summed E-state index contributed by atoms with van der Waals surface area (Å²) in [7, 11) is 10.2. The molecule has 0 aliphatic heterocycles. The average Bonchev–Trinajstić information content (AvgIpc) is 1.38. The average molecular weight is 197 g/mol. The molecule has 0 spiro atoms. The van der Waals surface area contributed by atoms with Crippen LogP contribution in [-0.2, 0) is 15.0 Å². The standard InChI is InChI=1S/2ClH.Mo.H2N2/c;;;1-2/h2*1H;;1H2/q;;+2;/p-2. The van der Waals surface area contributed by atoms with E-state index in [-0.39, 0.29) is 0 Å². The molecule has 2 nitrogen and oxygen atoms in total. The molecule has 0 rings (SSSR count). The van der Waals surface area contributed by atoms with Crippen LogP contribution in [0.4, 0.5) is 0 Å². The van der Waals surface area contributed by atoms with Crippen LogP contribution < -0.4 is 5.84 Å². The van der Waals surface area contributed by atoms with E-state index in [4.69, 9.17) is 18.8 Å². The van der Waals surface area contributed by atoms with E-state index in [0.29, 0.717) is 0 Å². The summed E-state index contributed by atoms with van der Waals surface area (Å²) in [6, 6.07) is 0. The van der Waals surface area contributed by atoms with Gasteiger partial charge in [0.05, 0.1) is 0 Å². The van der Waals surface area contributed by atoms with Crippen LogP contribution in [0.5, 0.6) is 0 Å². The minimum absolute atomic E-state index is 2.03. The summed E-state index contributed by atoms with van der Waals surface area (Å²) >= 11 is -2.03. The molecular formula is H2Cl2MoN2. The summed E-state index contributed by atoms with van der Waals surface area (Å²) in [5.41, 5.74) is 0. The van der Waals surface area contributed by atoms with Crippen LogP contribution in [0, 0.1) is 0 Å². The van der Waals surface area contributed by atoms with E-state index in [1.807, 2.05) is 0 Å². The summed E-state index contributed by atoms with van der Waals surface area (Å²) in [5.74, 6) is 4.61. The Morgan fingerprint density at radius 3 is 1.80 bits per heavy atom. The van der Waals surface area contributed by atoms with Crippen molar-refractivity contribution in [3.8, 4) is 0 Å². The maximum absolute atomic E-state index is 5.11. The minimum atomic E-state index is -2.03. The molecule has 2 N–H and O–H groups in total. The second kappa shape index (κ2) is 3.23. The molecule has 0 aromatic rings. The Hall–Kier alpha value is 1.03. The van der Waals surface area contributed by atoms with Crippen LogP contribution in [0.3, 0.4) is 0 Å². The summed E-state index contributed by atoms with van der Waals surface area (Å²) in [6.45, 7) is 0. The number of nitrogens with zero attached hydrogens (tertiary/aromatic N) is 1. The van der Waals surface area contributed by atoms with E-state index in [1.165, 1.54) is 0 Å². The fraction of sp³-hybridized carbons (Fsp3) is 0. The van der Waals surface area contributed by atoms with Gasteiger partial charge in [-0.2, -0.15) is 0 Å². The van der Waals surface area contributed by atoms with Gasteiger partial charge < -0.3 is 0 Å². The number of hydrogen-bond donors (Lipinski definition) is 1. The maximum atomic E-state index is 5.11. The SMILES string of the molecule is N[N]=[Mo]([Cl])[Cl]. The van der Waals surface area contributed by atoms with E-state index >= 15 is 0 Å². The zero-order valence-electron chi connectivity index (χ0n) is 2.19. The summed E-state index contributed by atoms with van der Waals surface area (Å²) in [4.78, 5) is 0. The number of halogens is 2. The van der Waals surface area contributed by atoms with Crippen molar-refractivity contribution in [1.82, 2.24) is 0 Å². The van der Waals surface area contributed by atoms with E-state index in [1.54, 1.807) is 0 Å². The van der Waals surface area contributed by atoms with Crippen LogP contribution in [0.1, 0.15) is 0 Å². The third-order valence-corrected chi connectivity index (χ3v) is 1.41. The number of nitrogens with two attached hydrogens (primary N) is 1. The zero-order chi connectivity index (χ0) is 4.28. The van der Waals surface area contributed by atoms with Gasteiger partial charge in [-0.25, -0.2) is 0 Å². The van der Waals surface area contributed by atoms with Gasteiger partial charge in [0.1, 0.15) is 0 Å². The zero-order valence-corrected chi connectivity index (χ0v) is 5.71. The van der Waals surface area contributed by atoms with Gasteiger partial charge in [0.25, 0.3) is 0 Å². The molecule has 5 heavy (non-hydrogen) atoms. The Labute approximate surface area is 43.5 Å². The first kappa shape index (κ1) is 6.03. The quantitative estimate of drug-likeness (QED) is 0.350. The van der Waals surface area contributed by atoms with E-state index in [9.17, 15) is 0 Å². The van der Waals surface area contributed by atoms with E-state index < -0.39 is 15.0 Å². The molecule has 0 aliphatic carbocycles. The fourth-order valence-electron chi connectivity index (χ4n) is 0. The number of rotatable bonds is 0. The van der Waals surface area contributed by atoms with Gasteiger partial charge in [0.2, 0.25) is 0 Å². The molecule has 0 fully saturated rings. The van der Waals surface area contributed by atoms with Crippen LogP contribution in [0.15, 0.2) is 3.60 Å². The third kappa shape index (κ3) is 5.03. The molecule has 0 bridgehead atoms. The summed E-state index contributed by atoms with van der Waals surface area (Å²) in [6.07, 6.45) is 0. The van der Waals surface area contributed by atoms with Crippen LogP contribution in [0.25, 0.3) is 0 Å². The van der Waals surface area contributed by atoms with E-state index in [2.05, 4.69) is 9.45 Å². The van der Waals surface area contributed by atoms with Crippen molar-refractivity contribution in [1.29, 1.82) is 0 Å². The molecule has 5 heteroatoms. The molecule has 0 amide bonds. The molecule has 0 aromatic heterocycles. The van der Waals surface area contributed by atoms with Gasteiger partial charge in [0, 0.05) is 0 Å². The number of hydrogen-bond acceptors (Lipinski definition) is 2. The van der Waals surface area contributed by atoms with Gasteiger partial charge >= 0.3 is 43.3 Å². The van der Waals surface area contributed by atoms with Crippen molar-refractivity contribution >= 4 is 18.8 Å². The normalized spacial score (nSPS) is 8.80. The molecule has 0 radical (unpaired) electrons. The molecule has 0 aromatic carbocycles. The molecule has 32 valence electrons. The molecule has 0 unspecified atom stereocenters. The monoisotopic (exact) mass is 198 g/mol. The molecule has 0 aliphatic rings. The van der Waals surface area contributed by atoms with Crippen molar-refractivity contribution in [2.75, 3.05) is 0 Å². The Balaban J connectivity index is 3.14. The Morgan fingerprint density at radius 1 is 1.60 bits per heavy atom. The van der Waals surface area contributed by atoms with Crippen molar-refractivity contribution < 1.29 is 15.0 Å². The third-order valence-electron chi connectivity index (χ3n) is 0.0797. The molecular weight excluding hydrogens is 195 g/mol. The van der Waals surface area contributed by atoms with Gasteiger partial charge in [0.15, 0.2) is 0 Å². The van der Waals surface area contributed by atoms with Gasteiger partial charge in [-0.1, -0.05) is 0 Å². The second-order valence-electron chi connectivity index (χ2n) is 0.302. The van der Waals surface area contributed by atoms with Crippen LogP contribution in [-0.4, -0.2) is 0 Å². The fourth-order valence-corrected chi connectivity index (χ4v) is 0. The second-order valence-corrected chi connectivity index (χ2v) is 6.18. The first-order chi connectivity index (χ1) is 2.27. The topological polar surface area (TPSA) is 38.4 Å². The Bertz CT molecular complexity index is 45.6. The molecule has 0 saturated carbocycles. The van der Waals surface area contributed by atoms with Gasteiger partial charge in [-0.3, -0.25) is 0 Å². The van der Waals surface area contributed by atoms with E-state index in [0.717, 1.165) is 0 Å².